The number of para-hydroxylation sites is 1. The first-order valence-corrected chi connectivity index (χ1v) is 10.7. The van der Waals surface area contributed by atoms with E-state index in [0.717, 1.165) is 62.8 Å². The summed E-state index contributed by atoms with van der Waals surface area (Å²) in [5.74, 6) is 2.43. The summed E-state index contributed by atoms with van der Waals surface area (Å²) in [7, 11) is 0. The van der Waals surface area contributed by atoms with Crippen molar-refractivity contribution in [3.63, 3.8) is 0 Å². The number of rotatable bonds is 4. The van der Waals surface area contributed by atoms with Crippen LogP contribution in [0.4, 0.5) is 0 Å². The van der Waals surface area contributed by atoms with Gasteiger partial charge in [-0.15, -0.1) is 0 Å². The fourth-order valence-electron chi connectivity index (χ4n) is 3.91. The quantitative estimate of drug-likeness (QED) is 0.824. The van der Waals surface area contributed by atoms with Crippen LogP contribution in [0.1, 0.15) is 6.42 Å². The van der Waals surface area contributed by atoms with E-state index in [1.54, 1.807) is 0 Å². The molecule has 2 aromatic rings. The third-order valence-electron chi connectivity index (χ3n) is 5.32. The Labute approximate surface area is 159 Å². The van der Waals surface area contributed by atoms with Crippen molar-refractivity contribution in [1.29, 1.82) is 0 Å². The number of fused-ring (bicyclic) bond motifs is 1. The number of carbonyl (C=O) groups is 1. The molecule has 0 N–H and O–H groups in total. The first kappa shape index (κ1) is 17.9. The molecule has 140 valence electrons. The number of aromatic nitrogens is 1. The minimum absolute atomic E-state index is 0.243. The lowest BCUT2D eigenvalue weighted by Crippen LogP contribution is -2.51. The Balaban J connectivity index is 1.47. The molecular formula is C20H27N3O2S. The molecule has 5 nitrogen and oxygen atoms in total. The lowest BCUT2D eigenvalue weighted by Gasteiger charge is -2.35. The van der Waals surface area contributed by atoms with E-state index in [-0.39, 0.29) is 5.91 Å². The van der Waals surface area contributed by atoms with Crippen LogP contribution >= 0.6 is 11.8 Å². The average molecular weight is 374 g/mol. The van der Waals surface area contributed by atoms with Gasteiger partial charge < -0.3 is 14.2 Å². The van der Waals surface area contributed by atoms with Crippen LogP contribution in [0.5, 0.6) is 0 Å². The highest BCUT2D eigenvalue weighted by atomic mass is 32.2. The Morgan fingerprint density at radius 3 is 2.88 bits per heavy atom. The number of hydrogen-bond donors (Lipinski definition) is 0. The number of benzene rings is 1. The maximum atomic E-state index is 13.2. The Morgan fingerprint density at radius 1 is 1.15 bits per heavy atom. The second kappa shape index (κ2) is 8.46. The first-order chi connectivity index (χ1) is 12.8. The molecule has 2 aliphatic heterocycles. The number of amides is 1. The molecule has 1 aromatic carbocycles. The van der Waals surface area contributed by atoms with E-state index in [4.69, 9.17) is 4.74 Å². The number of carbonyl (C=O) groups excluding carboxylic acids is 1. The van der Waals surface area contributed by atoms with Gasteiger partial charge in [-0.3, -0.25) is 9.69 Å². The van der Waals surface area contributed by atoms with Gasteiger partial charge in [-0.2, -0.15) is 11.8 Å². The predicted octanol–water partition coefficient (Wildman–Crippen LogP) is 2.31. The molecule has 2 saturated heterocycles. The highest BCUT2D eigenvalue weighted by Gasteiger charge is 2.28. The van der Waals surface area contributed by atoms with Gasteiger partial charge in [-0.05, 0) is 29.7 Å². The summed E-state index contributed by atoms with van der Waals surface area (Å²) < 4.78 is 7.55. The number of ether oxygens (including phenoxy) is 1. The van der Waals surface area contributed by atoms with Crippen LogP contribution in [0.3, 0.4) is 0 Å². The first-order valence-electron chi connectivity index (χ1n) is 9.52. The lowest BCUT2D eigenvalue weighted by molar-refractivity contribution is -0.134. The molecule has 0 spiro atoms. The predicted molar refractivity (Wildman–Crippen MR) is 107 cm³/mol. The molecule has 1 amide bonds. The van der Waals surface area contributed by atoms with Crippen molar-refractivity contribution in [2.24, 2.45) is 0 Å². The Hall–Kier alpha value is -1.50. The zero-order valence-electron chi connectivity index (χ0n) is 15.2. The summed E-state index contributed by atoms with van der Waals surface area (Å²) in [6, 6.07) is 10.7. The van der Waals surface area contributed by atoms with Crippen molar-refractivity contribution >= 4 is 28.6 Å². The normalized spacial score (nSPS) is 22.5. The van der Waals surface area contributed by atoms with Crippen LogP contribution in [-0.4, -0.2) is 77.2 Å². The third-order valence-corrected chi connectivity index (χ3v) is 6.52. The topological polar surface area (TPSA) is 37.7 Å². The van der Waals surface area contributed by atoms with Crippen LogP contribution in [0, 0.1) is 0 Å². The van der Waals surface area contributed by atoms with Gasteiger partial charge in [0.2, 0.25) is 5.91 Å². The maximum absolute atomic E-state index is 13.2. The average Bonchev–Trinajstić information content (AvgIpc) is 2.92. The Kier molecular flexibility index (Phi) is 5.82. The smallest absolute Gasteiger partial charge is 0.242 e. The molecule has 0 saturated carbocycles. The Morgan fingerprint density at radius 2 is 2.00 bits per heavy atom. The van der Waals surface area contributed by atoms with Crippen molar-refractivity contribution in [2.45, 2.75) is 19.0 Å². The van der Waals surface area contributed by atoms with E-state index in [1.165, 1.54) is 5.39 Å². The SMILES string of the molecule is O=C(Cn1ccc2ccccc21)N1CCCSCC1CN1CCOCC1. The highest BCUT2D eigenvalue weighted by Crippen LogP contribution is 2.20. The summed E-state index contributed by atoms with van der Waals surface area (Å²) in [6.07, 6.45) is 3.12. The number of hydrogen-bond acceptors (Lipinski definition) is 4. The minimum atomic E-state index is 0.243. The van der Waals surface area contributed by atoms with Crippen LogP contribution in [-0.2, 0) is 16.1 Å². The second-order valence-electron chi connectivity index (χ2n) is 7.08. The summed E-state index contributed by atoms with van der Waals surface area (Å²) in [4.78, 5) is 17.8. The molecule has 0 radical (unpaired) electrons. The summed E-state index contributed by atoms with van der Waals surface area (Å²) in [5, 5.41) is 1.19. The van der Waals surface area contributed by atoms with Crippen LogP contribution < -0.4 is 0 Å². The van der Waals surface area contributed by atoms with Gasteiger partial charge in [-0.25, -0.2) is 0 Å². The molecule has 2 aliphatic rings. The summed E-state index contributed by atoms with van der Waals surface area (Å²) >= 11 is 1.99. The van der Waals surface area contributed by atoms with E-state index in [2.05, 4.69) is 32.6 Å². The van der Waals surface area contributed by atoms with Crippen molar-refractivity contribution in [3.8, 4) is 0 Å². The van der Waals surface area contributed by atoms with E-state index >= 15 is 0 Å². The van der Waals surface area contributed by atoms with E-state index in [0.29, 0.717) is 12.6 Å². The number of thioether (sulfide) groups is 1. The van der Waals surface area contributed by atoms with Crippen LogP contribution in [0.2, 0.25) is 0 Å². The van der Waals surface area contributed by atoms with Gasteiger partial charge in [0.05, 0.1) is 19.3 Å². The fraction of sp³-hybridized carbons (Fsp3) is 0.550. The maximum Gasteiger partial charge on any atom is 0.242 e. The lowest BCUT2D eigenvalue weighted by atomic mass is 10.2. The molecule has 4 rings (SSSR count). The summed E-state index contributed by atoms with van der Waals surface area (Å²) in [5.41, 5.74) is 1.13. The van der Waals surface area contributed by atoms with E-state index < -0.39 is 0 Å². The molecule has 1 aromatic heterocycles. The monoisotopic (exact) mass is 373 g/mol. The highest BCUT2D eigenvalue weighted by molar-refractivity contribution is 7.99. The molecule has 1 atom stereocenters. The van der Waals surface area contributed by atoms with E-state index in [9.17, 15) is 4.79 Å². The largest absolute Gasteiger partial charge is 0.379 e. The second-order valence-corrected chi connectivity index (χ2v) is 8.23. The van der Waals surface area contributed by atoms with Crippen molar-refractivity contribution < 1.29 is 9.53 Å². The molecule has 26 heavy (non-hydrogen) atoms. The zero-order valence-corrected chi connectivity index (χ0v) is 16.0. The third kappa shape index (κ3) is 4.08. The molecule has 6 heteroatoms. The Bertz CT molecular complexity index is 741. The van der Waals surface area contributed by atoms with Gasteiger partial charge in [0.1, 0.15) is 6.54 Å². The van der Waals surface area contributed by atoms with Crippen molar-refractivity contribution in [2.75, 3.05) is 50.9 Å². The van der Waals surface area contributed by atoms with Crippen molar-refractivity contribution in [3.05, 3.63) is 36.5 Å². The van der Waals surface area contributed by atoms with Crippen molar-refractivity contribution in [1.82, 2.24) is 14.4 Å². The molecule has 1 unspecified atom stereocenters. The number of nitrogens with zero attached hydrogens (tertiary/aromatic N) is 3. The van der Waals surface area contributed by atoms with E-state index in [1.807, 2.05) is 30.1 Å². The molecule has 0 bridgehead atoms. The van der Waals surface area contributed by atoms with Crippen LogP contribution in [0.15, 0.2) is 36.5 Å². The standard InChI is InChI=1S/C20H27N3O2S/c24-20(15-22-8-6-17-4-1-2-5-19(17)22)23-7-3-13-26-16-18(23)14-21-9-11-25-12-10-21/h1-2,4-6,8,18H,3,7,9-16H2. The van der Waals surface area contributed by atoms with Gasteiger partial charge in [0.15, 0.2) is 0 Å². The summed E-state index contributed by atoms with van der Waals surface area (Å²) in [6.45, 7) is 5.84. The minimum Gasteiger partial charge on any atom is -0.379 e. The zero-order chi connectivity index (χ0) is 17.8. The van der Waals surface area contributed by atoms with Gasteiger partial charge in [0, 0.05) is 43.6 Å². The fourth-order valence-corrected chi connectivity index (χ4v) is 4.96. The number of morpholine rings is 1. The molecule has 3 heterocycles. The molecule has 2 fully saturated rings. The van der Waals surface area contributed by atoms with Gasteiger partial charge in [-0.1, -0.05) is 18.2 Å². The van der Waals surface area contributed by atoms with Crippen LogP contribution in [0.25, 0.3) is 10.9 Å². The van der Waals surface area contributed by atoms with Gasteiger partial charge in [0.25, 0.3) is 0 Å². The molecule has 0 aliphatic carbocycles. The van der Waals surface area contributed by atoms with Gasteiger partial charge >= 0.3 is 0 Å². The molecular weight excluding hydrogens is 346 g/mol.